The zero-order chi connectivity index (χ0) is 13.8. The molecule has 2 aromatic heterocycles. The second kappa shape index (κ2) is 5.44. The van der Waals surface area contributed by atoms with E-state index >= 15 is 0 Å². The molecule has 2 heterocycles. The third-order valence-corrected chi connectivity index (χ3v) is 2.54. The average Bonchev–Trinajstić information content (AvgIpc) is 2.87. The van der Waals surface area contributed by atoms with E-state index in [4.69, 9.17) is 5.11 Å². The fourth-order valence-corrected chi connectivity index (χ4v) is 1.57. The van der Waals surface area contributed by atoms with Crippen molar-refractivity contribution in [3.8, 4) is 0 Å². The molecule has 2 rings (SSSR count). The highest BCUT2D eigenvalue weighted by Gasteiger charge is 2.22. The number of aromatic nitrogens is 3. The molecule has 0 aliphatic carbocycles. The van der Waals surface area contributed by atoms with Crippen molar-refractivity contribution in [3.05, 3.63) is 30.4 Å². The lowest BCUT2D eigenvalue weighted by Crippen LogP contribution is -2.44. The van der Waals surface area contributed by atoms with Crippen molar-refractivity contribution in [2.45, 2.75) is 6.04 Å². The minimum atomic E-state index is -1.11. The van der Waals surface area contributed by atoms with Gasteiger partial charge in [0, 0.05) is 12.4 Å². The number of carbonyl (C=O) groups is 2. The predicted octanol–water partition coefficient (Wildman–Crippen LogP) is -1.01. The van der Waals surface area contributed by atoms with Gasteiger partial charge in [-0.05, 0) is 0 Å². The molecule has 0 aliphatic rings. The number of aliphatic hydroxyl groups is 1. The maximum absolute atomic E-state index is 12.0. The van der Waals surface area contributed by atoms with Gasteiger partial charge in [-0.1, -0.05) is 0 Å². The Kier molecular flexibility index (Phi) is 3.71. The molecule has 100 valence electrons. The minimum absolute atomic E-state index is 0.260. The number of fused-ring (bicyclic) bond motifs is 1. The van der Waals surface area contributed by atoms with Crippen LogP contribution in [0, 0.1) is 0 Å². The average molecular weight is 264 g/mol. The van der Waals surface area contributed by atoms with Crippen LogP contribution in [0.1, 0.15) is 10.4 Å². The quantitative estimate of drug-likeness (QED) is 0.686. The van der Waals surface area contributed by atoms with Crippen molar-refractivity contribution in [2.75, 3.05) is 13.7 Å². The SMILES string of the molecule is COC(=O)C(CO)NC(=O)c1cnn2ccncc12. The first-order chi connectivity index (χ1) is 9.17. The lowest BCUT2D eigenvalue weighted by molar-refractivity contribution is -0.143. The number of nitrogens with one attached hydrogen (secondary N) is 1. The van der Waals surface area contributed by atoms with Crippen molar-refractivity contribution >= 4 is 17.4 Å². The van der Waals surface area contributed by atoms with Gasteiger partial charge in [0.25, 0.3) is 5.91 Å². The molecule has 2 aromatic rings. The predicted molar refractivity (Wildman–Crippen MR) is 63.3 cm³/mol. The molecule has 1 atom stereocenters. The summed E-state index contributed by atoms with van der Waals surface area (Å²) in [7, 11) is 1.18. The number of nitrogens with zero attached hydrogens (tertiary/aromatic N) is 3. The van der Waals surface area contributed by atoms with Crippen LogP contribution >= 0.6 is 0 Å². The molecule has 0 bridgehead atoms. The molecule has 0 spiro atoms. The van der Waals surface area contributed by atoms with Gasteiger partial charge in [-0.2, -0.15) is 5.10 Å². The first-order valence-corrected chi connectivity index (χ1v) is 5.44. The van der Waals surface area contributed by atoms with E-state index in [2.05, 4.69) is 20.1 Å². The van der Waals surface area contributed by atoms with Crippen molar-refractivity contribution < 1.29 is 19.4 Å². The summed E-state index contributed by atoms with van der Waals surface area (Å²) in [6.07, 6.45) is 5.97. The smallest absolute Gasteiger partial charge is 0.330 e. The summed E-state index contributed by atoms with van der Waals surface area (Å²) in [5, 5.41) is 15.4. The highest BCUT2D eigenvalue weighted by Crippen LogP contribution is 2.08. The van der Waals surface area contributed by atoms with E-state index in [1.54, 1.807) is 6.20 Å². The number of hydrogen-bond acceptors (Lipinski definition) is 6. The van der Waals surface area contributed by atoms with Crippen LogP contribution in [0.15, 0.2) is 24.8 Å². The van der Waals surface area contributed by atoms with E-state index in [1.807, 2.05) is 0 Å². The summed E-state index contributed by atoms with van der Waals surface area (Å²) in [5.74, 6) is -1.25. The van der Waals surface area contributed by atoms with Crippen LogP contribution in [0.4, 0.5) is 0 Å². The number of aliphatic hydroxyl groups excluding tert-OH is 1. The summed E-state index contributed by atoms with van der Waals surface area (Å²) in [5.41, 5.74) is 0.761. The Balaban J connectivity index is 2.22. The Morgan fingerprint density at radius 1 is 1.53 bits per heavy atom. The number of carbonyl (C=O) groups excluding carboxylic acids is 2. The first-order valence-electron chi connectivity index (χ1n) is 5.44. The van der Waals surface area contributed by atoms with E-state index in [0.717, 1.165) is 0 Å². The van der Waals surface area contributed by atoms with Gasteiger partial charge in [0.2, 0.25) is 0 Å². The maximum Gasteiger partial charge on any atom is 0.330 e. The van der Waals surface area contributed by atoms with E-state index in [9.17, 15) is 9.59 Å². The third-order valence-electron chi connectivity index (χ3n) is 2.54. The zero-order valence-electron chi connectivity index (χ0n) is 10.1. The van der Waals surface area contributed by atoms with Crippen molar-refractivity contribution in [1.29, 1.82) is 0 Å². The lowest BCUT2D eigenvalue weighted by atomic mass is 10.2. The molecule has 0 radical (unpaired) electrons. The number of hydrogen-bond donors (Lipinski definition) is 2. The maximum atomic E-state index is 12.0. The molecule has 19 heavy (non-hydrogen) atoms. The second-order valence-electron chi connectivity index (χ2n) is 3.70. The van der Waals surface area contributed by atoms with Crippen LogP contribution < -0.4 is 5.32 Å². The highest BCUT2D eigenvalue weighted by atomic mass is 16.5. The summed E-state index contributed by atoms with van der Waals surface area (Å²) in [6, 6.07) is -1.11. The van der Waals surface area contributed by atoms with Crippen LogP contribution in [0.2, 0.25) is 0 Å². The van der Waals surface area contributed by atoms with E-state index < -0.39 is 24.5 Å². The first kappa shape index (κ1) is 13.0. The van der Waals surface area contributed by atoms with Crippen molar-refractivity contribution in [2.24, 2.45) is 0 Å². The molecule has 8 nitrogen and oxygen atoms in total. The Bertz CT molecular complexity index is 610. The number of ether oxygens (including phenoxy) is 1. The summed E-state index contributed by atoms with van der Waals surface area (Å²) in [6.45, 7) is -0.546. The molecule has 2 N–H and O–H groups in total. The van der Waals surface area contributed by atoms with E-state index in [0.29, 0.717) is 5.52 Å². The summed E-state index contributed by atoms with van der Waals surface area (Å²) < 4.78 is 5.94. The van der Waals surface area contributed by atoms with Gasteiger partial charge < -0.3 is 15.2 Å². The topological polar surface area (TPSA) is 106 Å². The Hall–Kier alpha value is -2.48. The Morgan fingerprint density at radius 3 is 3.00 bits per heavy atom. The van der Waals surface area contributed by atoms with Crippen LogP contribution in [0.3, 0.4) is 0 Å². The van der Waals surface area contributed by atoms with Crippen molar-refractivity contribution in [1.82, 2.24) is 19.9 Å². The molecule has 1 unspecified atom stereocenters. The molecule has 0 aliphatic heterocycles. The van der Waals surface area contributed by atoms with E-state index in [1.165, 1.54) is 30.2 Å². The molecular formula is C11H12N4O4. The molecule has 0 saturated carbocycles. The molecule has 0 saturated heterocycles. The number of methoxy groups -OCH3 is 1. The fraction of sp³-hybridized carbons (Fsp3) is 0.273. The molecule has 1 amide bonds. The van der Waals surface area contributed by atoms with Gasteiger partial charge in [-0.25, -0.2) is 9.31 Å². The zero-order valence-corrected chi connectivity index (χ0v) is 10.1. The van der Waals surface area contributed by atoms with E-state index in [-0.39, 0.29) is 5.56 Å². The van der Waals surface area contributed by atoms with Crippen LogP contribution in [-0.2, 0) is 9.53 Å². The van der Waals surface area contributed by atoms with Crippen LogP contribution in [0.5, 0.6) is 0 Å². The van der Waals surface area contributed by atoms with Crippen LogP contribution in [-0.4, -0.2) is 51.3 Å². The molecule has 0 aromatic carbocycles. The van der Waals surface area contributed by atoms with Gasteiger partial charge in [-0.15, -0.1) is 0 Å². The second-order valence-corrected chi connectivity index (χ2v) is 3.70. The number of rotatable bonds is 4. The highest BCUT2D eigenvalue weighted by molar-refractivity contribution is 6.02. The van der Waals surface area contributed by atoms with Gasteiger partial charge >= 0.3 is 5.97 Å². The summed E-state index contributed by atoms with van der Waals surface area (Å²) in [4.78, 5) is 27.2. The fourth-order valence-electron chi connectivity index (χ4n) is 1.57. The Labute approximate surface area is 108 Å². The van der Waals surface area contributed by atoms with Crippen LogP contribution in [0.25, 0.3) is 5.52 Å². The largest absolute Gasteiger partial charge is 0.467 e. The molecule has 8 heteroatoms. The van der Waals surface area contributed by atoms with Crippen molar-refractivity contribution in [3.63, 3.8) is 0 Å². The number of esters is 1. The minimum Gasteiger partial charge on any atom is -0.467 e. The summed E-state index contributed by atoms with van der Waals surface area (Å²) >= 11 is 0. The van der Waals surface area contributed by atoms with Gasteiger partial charge in [0.15, 0.2) is 6.04 Å². The van der Waals surface area contributed by atoms with Gasteiger partial charge in [0.1, 0.15) is 0 Å². The molecule has 0 fully saturated rings. The van der Waals surface area contributed by atoms with Gasteiger partial charge in [0.05, 0.1) is 37.2 Å². The normalized spacial score (nSPS) is 12.1. The van der Waals surface area contributed by atoms with Gasteiger partial charge in [-0.3, -0.25) is 9.78 Å². The Morgan fingerprint density at radius 2 is 2.32 bits per heavy atom. The number of amides is 1. The third kappa shape index (κ3) is 2.52. The standard InChI is InChI=1S/C11H12N4O4/c1-19-11(18)8(6-16)14-10(17)7-4-13-15-3-2-12-5-9(7)15/h2-5,8,16H,6H2,1H3,(H,14,17). The molecular weight excluding hydrogens is 252 g/mol. The monoisotopic (exact) mass is 264 g/mol. The lowest BCUT2D eigenvalue weighted by Gasteiger charge is -2.13.